The highest BCUT2D eigenvalue weighted by Crippen LogP contribution is 2.14. The van der Waals surface area contributed by atoms with Crippen molar-refractivity contribution in [2.45, 2.75) is 6.42 Å². The van der Waals surface area contributed by atoms with Crippen molar-refractivity contribution in [3.05, 3.63) is 24.3 Å². The quantitative estimate of drug-likeness (QED) is 0.643. The smallest absolute Gasteiger partial charge is 0.119 e. The van der Waals surface area contributed by atoms with Gasteiger partial charge in [0.05, 0.1) is 7.11 Å². The van der Waals surface area contributed by atoms with Crippen molar-refractivity contribution in [3.63, 3.8) is 0 Å². The van der Waals surface area contributed by atoms with E-state index in [-0.39, 0.29) is 0 Å². The number of rotatable bonds is 9. The molecule has 1 rings (SSSR count). The molecule has 4 heteroatoms. The second-order valence-electron chi connectivity index (χ2n) is 3.75. The minimum Gasteiger partial charge on any atom is -0.497 e. The Hall–Kier alpha value is -1.26. The molecule has 0 heterocycles. The number of hydrogen-bond donors (Lipinski definition) is 2. The topological polar surface area (TPSA) is 42.5 Å². The average molecular weight is 238 g/mol. The van der Waals surface area contributed by atoms with Crippen LogP contribution in [0, 0.1) is 0 Å². The van der Waals surface area contributed by atoms with Crippen LogP contribution in [0.2, 0.25) is 0 Å². The Bertz CT molecular complexity index is 288. The summed E-state index contributed by atoms with van der Waals surface area (Å²) in [5, 5.41) is 6.68. The van der Waals surface area contributed by atoms with Crippen LogP contribution < -0.4 is 15.4 Å². The molecule has 96 valence electrons. The van der Waals surface area contributed by atoms with Crippen LogP contribution in [0.3, 0.4) is 0 Å². The van der Waals surface area contributed by atoms with Gasteiger partial charge in [0.1, 0.15) is 5.75 Å². The van der Waals surface area contributed by atoms with E-state index in [9.17, 15) is 0 Å². The van der Waals surface area contributed by atoms with Gasteiger partial charge in [0.2, 0.25) is 0 Å². The van der Waals surface area contributed by atoms with Crippen LogP contribution in [0.1, 0.15) is 6.42 Å². The van der Waals surface area contributed by atoms with Crippen molar-refractivity contribution < 1.29 is 9.47 Å². The number of ether oxygens (including phenoxy) is 2. The number of anilines is 1. The lowest BCUT2D eigenvalue weighted by atomic mass is 10.3. The lowest BCUT2D eigenvalue weighted by Gasteiger charge is -2.08. The van der Waals surface area contributed by atoms with Gasteiger partial charge in [0.15, 0.2) is 0 Å². The Morgan fingerprint density at radius 2 is 1.76 bits per heavy atom. The van der Waals surface area contributed by atoms with Crippen molar-refractivity contribution in [1.82, 2.24) is 5.32 Å². The zero-order chi connectivity index (χ0) is 12.3. The van der Waals surface area contributed by atoms with Gasteiger partial charge in [-0.25, -0.2) is 0 Å². The average Bonchev–Trinajstić information content (AvgIpc) is 2.38. The van der Waals surface area contributed by atoms with Crippen LogP contribution in [0.25, 0.3) is 0 Å². The molecule has 0 spiro atoms. The number of methoxy groups -OCH3 is 2. The highest BCUT2D eigenvalue weighted by Gasteiger charge is 1.93. The molecule has 0 saturated carbocycles. The Kier molecular flexibility index (Phi) is 7.18. The molecular formula is C13H22N2O2. The molecule has 0 fully saturated rings. The van der Waals surface area contributed by atoms with Crippen LogP contribution in [0.4, 0.5) is 5.69 Å². The molecule has 1 aromatic rings. The van der Waals surface area contributed by atoms with Gasteiger partial charge >= 0.3 is 0 Å². The zero-order valence-corrected chi connectivity index (χ0v) is 10.7. The van der Waals surface area contributed by atoms with E-state index in [1.807, 2.05) is 24.3 Å². The van der Waals surface area contributed by atoms with Crippen molar-refractivity contribution in [1.29, 1.82) is 0 Å². The predicted molar refractivity (Wildman–Crippen MR) is 70.8 cm³/mol. The molecule has 0 bridgehead atoms. The van der Waals surface area contributed by atoms with E-state index in [2.05, 4.69) is 10.6 Å². The SMILES string of the molecule is COCCCNCCNc1ccc(OC)cc1. The van der Waals surface area contributed by atoms with E-state index in [1.165, 1.54) is 0 Å². The Balaban J connectivity index is 2.05. The largest absolute Gasteiger partial charge is 0.497 e. The first-order valence-corrected chi connectivity index (χ1v) is 5.94. The van der Waals surface area contributed by atoms with Gasteiger partial charge in [-0.2, -0.15) is 0 Å². The van der Waals surface area contributed by atoms with Gasteiger partial charge in [-0.3, -0.25) is 0 Å². The van der Waals surface area contributed by atoms with Crippen LogP contribution in [-0.4, -0.2) is 40.5 Å². The molecule has 0 aliphatic heterocycles. The summed E-state index contributed by atoms with van der Waals surface area (Å²) in [5.41, 5.74) is 1.12. The molecule has 0 aliphatic rings. The number of benzene rings is 1. The summed E-state index contributed by atoms with van der Waals surface area (Å²) in [6, 6.07) is 7.94. The maximum absolute atomic E-state index is 5.10. The number of hydrogen-bond acceptors (Lipinski definition) is 4. The van der Waals surface area contributed by atoms with E-state index in [1.54, 1.807) is 14.2 Å². The fourth-order valence-electron chi connectivity index (χ4n) is 1.47. The van der Waals surface area contributed by atoms with Gasteiger partial charge in [0.25, 0.3) is 0 Å². The highest BCUT2D eigenvalue weighted by atomic mass is 16.5. The van der Waals surface area contributed by atoms with Gasteiger partial charge in [-0.15, -0.1) is 0 Å². The zero-order valence-electron chi connectivity index (χ0n) is 10.7. The van der Waals surface area contributed by atoms with Crippen LogP contribution >= 0.6 is 0 Å². The first kappa shape index (κ1) is 13.8. The van der Waals surface area contributed by atoms with Crippen molar-refractivity contribution in [3.8, 4) is 5.75 Å². The summed E-state index contributed by atoms with van der Waals surface area (Å²) >= 11 is 0. The molecule has 0 unspecified atom stereocenters. The first-order valence-electron chi connectivity index (χ1n) is 5.94. The molecule has 0 radical (unpaired) electrons. The summed E-state index contributed by atoms with van der Waals surface area (Å²) < 4.78 is 10.1. The van der Waals surface area contributed by atoms with Gasteiger partial charge < -0.3 is 20.1 Å². The molecule has 2 N–H and O–H groups in total. The Labute approximate surface area is 103 Å². The van der Waals surface area contributed by atoms with Gasteiger partial charge in [0, 0.05) is 32.5 Å². The maximum atomic E-state index is 5.10. The molecule has 0 saturated heterocycles. The molecule has 1 aromatic carbocycles. The van der Waals surface area contributed by atoms with E-state index in [0.717, 1.165) is 44.1 Å². The van der Waals surface area contributed by atoms with Crippen molar-refractivity contribution in [2.24, 2.45) is 0 Å². The standard InChI is InChI=1S/C13H22N2O2/c1-16-11-3-8-14-9-10-15-12-4-6-13(17-2)7-5-12/h4-7,14-15H,3,8-11H2,1-2H3. The monoisotopic (exact) mass is 238 g/mol. The fraction of sp³-hybridized carbons (Fsp3) is 0.538. The minimum atomic E-state index is 0.818. The Morgan fingerprint density at radius 1 is 1.00 bits per heavy atom. The highest BCUT2D eigenvalue weighted by molar-refractivity contribution is 5.46. The molecule has 0 aliphatic carbocycles. The minimum absolute atomic E-state index is 0.818. The molecule has 0 aromatic heterocycles. The maximum Gasteiger partial charge on any atom is 0.119 e. The van der Waals surface area contributed by atoms with Crippen molar-refractivity contribution >= 4 is 5.69 Å². The first-order chi connectivity index (χ1) is 8.36. The summed E-state index contributed by atoms with van der Waals surface area (Å²) in [7, 11) is 3.40. The lowest BCUT2D eigenvalue weighted by molar-refractivity contribution is 0.194. The van der Waals surface area contributed by atoms with E-state index in [4.69, 9.17) is 9.47 Å². The molecule has 4 nitrogen and oxygen atoms in total. The van der Waals surface area contributed by atoms with Gasteiger partial charge in [-0.05, 0) is 37.2 Å². The summed E-state index contributed by atoms with van der Waals surface area (Å²) in [6.07, 6.45) is 1.05. The van der Waals surface area contributed by atoms with E-state index < -0.39 is 0 Å². The normalized spacial score (nSPS) is 10.2. The van der Waals surface area contributed by atoms with Crippen molar-refractivity contribution in [2.75, 3.05) is 45.8 Å². The second kappa shape index (κ2) is 8.84. The molecule has 17 heavy (non-hydrogen) atoms. The number of nitrogens with one attached hydrogen (secondary N) is 2. The van der Waals surface area contributed by atoms with Crippen LogP contribution in [-0.2, 0) is 4.74 Å². The summed E-state index contributed by atoms with van der Waals surface area (Å²) in [5.74, 6) is 0.883. The van der Waals surface area contributed by atoms with Crippen LogP contribution in [0.5, 0.6) is 5.75 Å². The van der Waals surface area contributed by atoms with Gasteiger partial charge in [-0.1, -0.05) is 0 Å². The third-order valence-electron chi connectivity index (χ3n) is 2.42. The van der Waals surface area contributed by atoms with E-state index in [0.29, 0.717) is 0 Å². The Morgan fingerprint density at radius 3 is 2.41 bits per heavy atom. The second-order valence-corrected chi connectivity index (χ2v) is 3.75. The third-order valence-corrected chi connectivity index (χ3v) is 2.42. The fourth-order valence-corrected chi connectivity index (χ4v) is 1.47. The molecule has 0 amide bonds. The molecule has 0 atom stereocenters. The molecular weight excluding hydrogens is 216 g/mol. The summed E-state index contributed by atoms with van der Waals surface area (Å²) in [4.78, 5) is 0. The lowest BCUT2D eigenvalue weighted by Crippen LogP contribution is -2.23. The third kappa shape index (κ3) is 6.14. The summed E-state index contributed by atoms with van der Waals surface area (Å²) in [6.45, 7) is 3.69. The van der Waals surface area contributed by atoms with Crippen LogP contribution in [0.15, 0.2) is 24.3 Å². The predicted octanol–water partition coefficient (Wildman–Crippen LogP) is 1.73. The van der Waals surface area contributed by atoms with E-state index >= 15 is 0 Å².